The van der Waals surface area contributed by atoms with Gasteiger partial charge in [0, 0.05) is 18.6 Å². The van der Waals surface area contributed by atoms with E-state index < -0.39 is 0 Å². The molecule has 2 aliphatic rings. The summed E-state index contributed by atoms with van der Waals surface area (Å²) < 4.78 is 0. The molecule has 1 aliphatic heterocycles. The largest absolute Gasteiger partial charge is 0.354 e. The topological polar surface area (TPSA) is 58.4 Å². The normalized spacial score (nSPS) is 34.5. The molecule has 3 atom stereocenters. The number of hydrogen-bond donors (Lipinski definition) is 2. The molecule has 1 heterocycles. The van der Waals surface area contributed by atoms with Gasteiger partial charge in [-0.15, -0.1) is 0 Å². The van der Waals surface area contributed by atoms with E-state index in [1.807, 2.05) is 12.2 Å². The van der Waals surface area contributed by atoms with Gasteiger partial charge >= 0.3 is 0 Å². The summed E-state index contributed by atoms with van der Waals surface area (Å²) in [5.74, 6) is 0.117. The van der Waals surface area contributed by atoms with Crippen molar-refractivity contribution in [3.05, 3.63) is 12.2 Å². The molecule has 0 aromatic heterocycles. The molecule has 1 saturated heterocycles. The molecule has 2 rings (SSSR count). The van der Waals surface area contributed by atoms with Gasteiger partial charge in [0.15, 0.2) is 0 Å². The summed E-state index contributed by atoms with van der Waals surface area (Å²) in [6, 6.07) is 0.577. The monoisotopic (exact) mass is 223 g/mol. The number of nitrogens with one attached hydrogen (secondary N) is 1. The lowest BCUT2D eigenvalue weighted by atomic mass is 10.1. The third-order valence-corrected chi connectivity index (χ3v) is 3.64. The molecule has 4 nitrogen and oxygen atoms in total. The van der Waals surface area contributed by atoms with Crippen LogP contribution in [-0.2, 0) is 4.79 Å². The van der Waals surface area contributed by atoms with Crippen LogP contribution in [0.25, 0.3) is 0 Å². The molecule has 0 bridgehead atoms. The number of nitrogens with two attached hydrogens (primary N) is 1. The van der Waals surface area contributed by atoms with Gasteiger partial charge in [0.1, 0.15) is 0 Å². The van der Waals surface area contributed by atoms with E-state index in [0.717, 1.165) is 19.5 Å². The molecule has 1 fully saturated rings. The number of nitrogens with zero attached hydrogens (tertiary/aromatic N) is 1. The van der Waals surface area contributed by atoms with Crippen LogP contribution in [0.1, 0.15) is 19.3 Å². The molecule has 90 valence electrons. The Bertz CT molecular complexity index is 290. The van der Waals surface area contributed by atoms with Crippen LogP contribution in [0, 0.1) is 5.92 Å². The fourth-order valence-corrected chi connectivity index (χ4v) is 2.51. The van der Waals surface area contributed by atoms with Gasteiger partial charge in [-0.25, -0.2) is 0 Å². The van der Waals surface area contributed by atoms with Crippen molar-refractivity contribution in [2.24, 2.45) is 11.7 Å². The van der Waals surface area contributed by atoms with Crippen molar-refractivity contribution in [3.8, 4) is 0 Å². The summed E-state index contributed by atoms with van der Waals surface area (Å²) in [5.41, 5.74) is 5.73. The summed E-state index contributed by atoms with van der Waals surface area (Å²) in [5, 5.41) is 3.03. The number of hydrogen-bond acceptors (Lipinski definition) is 3. The molecule has 3 unspecified atom stereocenters. The van der Waals surface area contributed by atoms with E-state index in [-0.39, 0.29) is 17.9 Å². The highest BCUT2D eigenvalue weighted by atomic mass is 16.1. The van der Waals surface area contributed by atoms with Crippen LogP contribution >= 0.6 is 0 Å². The minimum atomic E-state index is -0.0123. The zero-order valence-electron chi connectivity index (χ0n) is 9.86. The van der Waals surface area contributed by atoms with Crippen LogP contribution in [0.5, 0.6) is 0 Å². The lowest BCUT2D eigenvalue weighted by molar-refractivity contribution is -0.123. The fourth-order valence-electron chi connectivity index (χ4n) is 2.51. The first kappa shape index (κ1) is 11.6. The van der Waals surface area contributed by atoms with Crippen LogP contribution in [0.2, 0.25) is 0 Å². The van der Waals surface area contributed by atoms with Crippen molar-refractivity contribution in [1.82, 2.24) is 10.2 Å². The van der Waals surface area contributed by atoms with Crippen LogP contribution < -0.4 is 11.1 Å². The second kappa shape index (κ2) is 4.97. The first-order valence-electron chi connectivity index (χ1n) is 6.08. The Kier molecular flexibility index (Phi) is 3.61. The summed E-state index contributed by atoms with van der Waals surface area (Å²) >= 11 is 0. The van der Waals surface area contributed by atoms with Crippen molar-refractivity contribution in [2.45, 2.75) is 31.3 Å². The Morgan fingerprint density at radius 3 is 2.94 bits per heavy atom. The van der Waals surface area contributed by atoms with Crippen LogP contribution in [0.4, 0.5) is 0 Å². The molecule has 1 aliphatic carbocycles. The van der Waals surface area contributed by atoms with Crippen molar-refractivity contribution in [1.29, 1.82) is 0 Å². The van der Waals surface area contributed by atoms with E-state index in [1.165, 1.54) is 12.8 Å². The second-order valence-electron chi connectivity index (χ2n) is 4.91. The highest BCUT2D eigenvalue weighted by Crippen LogP contribution is 2.17. The highest BCUT2D eigenvalue weighted by molar-refractivity contribution is 5.81. The van der Waals surface area contributed by atoms with E-state index in [4.69, 9.17) is 5.73 Å². The second-order valence-corrected chi connectivity index (χ2v) is 4.91. The standard InChI is InChI=1S/C12H21N3O/c1-15-6-2-3-11(15)8-14-12(16)9-4-5-10(13)7-9/h4-5,9-11H,2-3,6-8,13H2,1H3,(H,14,16). The minimum absolute atomic E-state index is 0.0123. The lowest BCUT2D eigenvalue weighted by Gasteiger charge is -2.20. The number of carbonyl (C=O) groups excluding carboxylic acids is 1. The highest BCUT2D eigenvalue weighted by Gasteiger charge is 2.25. The van der Waals surface area contributed by atoms with Crippen LogP contribution in [-0.4, -0.2) is 43.0 Å². The van der Waals surface area contributed by atoms with Gasteiger partial charge in [-0.2, -0.15) is 0 Å². The Hall–Kier alpha value is -0.870. The fraction of sp³-hybridized carbons (Fsp3) is 0.750. The predicted molar refractivity (Wildman–Crippen MR) is 63.9 cm³/mol. The SMILES string of the molecule is CN1CCCC1CNC(=O)C1C=CC(N)C1. The molecule has 0 aromatic rings. The number of likely N-dealkylation sites (tertiary alicyclic amines) is 1. The maximum absolute atomic E-state index is 11.8. The quantitative estimate of drug-likeness (QED) is 0.667. The van der Waals surface area contributed by atoms with Crippen molar-refractivity contribution in [3.63, 3.8) is 0 Å². The number of carbonyl (C=O) groups is 1. The summed E-state index contributed by atoms with van der Waals surface area (Å²) in [6.45, 7) is 1.92. The van der Waals surface area contributed by atoms with Gasteiger partial charge in [0.25, 0.3) is 0 Å². The molecule has 0 aromatic carbocycles. The number of likely N-dealkylation sites (N-methyl/N-ethyl adjacent to an activating group) is 1. The molecule has 0 radical (unpaired) electrons. The van der Waals surface area contributed by atoms with E-state index in [1.54, 1.807) is 0 Å². The molecule has 4 heteroatoms. The van der Waals surface area contributed by atoms with E-state index >= 15 is 0 Å². The van der Waals surface area contributed by atoms with Crippen LogP contribution in [0.3, 0.4) is 0 Å². The smallest absolute Gasteiger partial charge is 0.227 e. The van der Waals surface area contributed by atoms with Gasteiger partial charge < -0.3 is 16.0 Å². The van der Waals surface area contributed by atoms with Gasteiger partial charge in [-0.05, 0) is 32.9 Å². The van der Waals surface area contributed by atoms with Crippen LogP contribution in [0.15, 0.2) is 12.2 Å². The van der Waals surface area contributed by atoms with E-state index in [0.29, 0.717) is 6.04 Å². The van der Waals surface area contributed by atoms with Gasteiger partial charge in [0.2, 0.25) is 5.91 Å². The molecule has 1 amide bonds. The Morgan fingerprint density at radius 1 is 1.56 bits per heavy atom. The maximum atomic E-state index is 11.8. The Balaban J connectivity index is 1.73. The lowest BCUT2D eigenvalue weighted by Crippen LogP contribution is -2.40. The summed E-state index contributed by atoms with van der Waals surface area (Å²) in [6.07, 6.45) is 7.04. The first-order chi connectivity index (χ1) is 7.66. The number of amides is 1. The maximum Gasteiger partial charge on any atom is 0.227 e. The average Bonchev–Trinajstić information content (AvgIpc) is 2.84. The number of rotatable bonds is 3. The zero-order valence-corrected chi connectivity index (χ0v) is 9.86. The third-order valence-electron chi connectivity index (χ3n) is 3.64. The average molecular weight is 223 g/mol. The Labute approximate surface area is 96.9 Å². The predicted octanol–water partition coefficient (Wildman–Crippen LogP) is 0.100. The molecule has 3 N–H and O–H groups in total. The van der Waals surface area contributed by atoms with Gasteiger partial charge in [-0.1, -0.05) is 12.2 Å². The van der Waals surface area contributed by atoms with Crippen molar-refractivity contribution < 1.29 is 4.79 Å². The van der Waals surface area contributed by atoms with Gasteiger partial charge in [0.05, 0.1) is 5.92 Å². The zero-order chi connectivity index (χ0) is 11.5. The minimum Gasteiger partial charge on any atom is -0.354 e. The molecule has 0 saturated carbocycles. The van der Waals surface area contributed by atoms with Gasteiger partial charge in [-0.3, -0.25) is 4.79 Å². The van der Waals surface area contributed by atoms with Crippen molar-refractivity contribution in [2.75, 3.05) is 20.1 Å². The molecule has 16 heavy (non-hydrogen) atoms. The van der Waals surface area contributed by atoms with E-state index in [2.05, 4.69) is 17.3 Å². The molecule has 0 spiro atoms. The first-order valence-corrected chi connectivity index (χ1v) is 6.08. The summed E-state index contributed by atoms with van der Waals surface area (Å²) in [7, 11) is 2.12. The molecular weight excluding hydrogens is 202 g/mol. The Morgan fingerprint density at radius 2 is 2.38 bits per heavy atom. The summed E-state index contributed by atoms with van der Waals surface area (Å²) in [4.78, 5) is 14.1. The van der Waals surface area contributed by atoms with Crippen molar-refractivity contribution >= 4 is 5.91 Å². The molecular formula is C12H21N3O. The third kappa shape index (κ3) is 2.62. The van der Waals surface area contributed by atoms with E-state index in [9.17, 15) is 4.79 Å².